The Hall–Kier alpha value is -2.14. The number of methoxy groups -OCH3 is 1. The molecule has 0 spiro atoms. The molecule has 5 nitrogen and oxygen atoms in total. The molecule has 1 amide bonds. The number of carbonyl (C=O) groups excluding carboxylic acids is 1. The van der Waals surface area contributed by atoms with E-state index in [-0.39, 0.29) is 5.91 Å². The average Bonchev–Trinajstić information content (AvgIpc) is 2.54. The topological polar surface area (TPSA) is 51.7 Å². The van der Waals surface area contributed by atoms with E-state index in [0.717, 1.165) is 16.7 Å². The second-order valence-electron chi connectivity index (χ2n) is 4.69. The summed E-state index contributed by atoms with van der Waals surface area (Å²) in [6.45, 7) is 2.46. The van der Waals surface area contributed by atoms with Gasteiger partial charge in [0.15, 0.2) is 0 Å². The Morgan fingerprint density at radius 1 is 1.30 bits per heavy atom. The minimum Gasteiger partial charge on any atom is -0.497 e. The van der Waals surface area contributed by atoms with Gasteiger partial charge in [-0.2, -0.15) is 0 Å². The lowest BCUT2D eigenvalue weighted by molar-refractivity contribution is 0.0303. The van der Waals surface area contributed by atoms with E-state index in [9.17, 15) is 4.79 Å². The average molecular weight is 272 g/mol. The molecule has 0 N–H and O–H groups in total. The third-order valence-electron chi connectivity index (χ3n) is 3.43. The zero-order valence-corrected chi connectivity index (χ0v) is 11.3. The van der Waals surface area contributed by atoms with E-state index < -0.39 is 0 Å². The molecular weight excluding hydrogens is 256 g/mol. The summed E-state index contributed by atoms with van der Waals surface area (Å²) in [5, 5.41) is 0.906. The lowest BCUT2D eigenvalue weighted by atomic mass is 10.1. The highest BCUT2D eigenvalue weighted by atomic mass is 16.5. The van der Waals surface area contributed by atoms with Crippen molar-refractivity contribution in [2.45, 2.75) is 0 Å². The van der Waals surface area contributed by atoms with Crippen molar-refractivity contribution in [1.29, 1.82) is 0 Å². The molecule has 1 aromatic carbocycles. The van der Waals surface area contributed by atoms with Crippen molar-refractivity contribution in [2.75, 3.05) is 33.4 Å². The van der Waals surface area contributed by atoms with E-state index in [0.29, 0.717) is 31.9 Å². The summed E-state index contributed by atoms with van der Waals surface area (Å²) in [4.78, 5) is 18.5. The van der Waals surface area contributed by atoms with Crippen LogP contribution in [0.3, 0.4) is 0 Å². The normalized spacial score (nSPS) is 15.3. The number of aromatic nitrogens is 1. The Morgan fingerprint density at radius 3 is 2.85 bits per heavy atom. The highest BCUT2D eigenvalue weighted by Gasteiger charge is 2.19. The second-order valence-corrected chi connectivity index (χ2v) is 4.69. The van der Waals surface area contributed by atoms with E-state index in [2.05, 4.69) is 4.98 Å². The number of hydrogen-bond donors (Lipinski definition) is 0. The van der Waals surface area contributed by atoms with Gasteiger partial charge in [0.05, 0.1) is 31.4 Å². The molecule has 104 valence electrons. The van der Waals surface area contributed by atoms with Crippen LogP contribution in [0.4, 0.5) is 0 Å². The molecule has 1 saturated heterocycles. The van der Waals surface area contributed by atoms with Crippen LogP contribution in [0.1, 0.15) is 10.4 Å². The maximum absolute atomic E-state index is 12.4. The minimum atomic E-state index is 0.00511. The van der Waals surface area contributed by atoms with Gasteiger partial charge in [-0.3, -0.25) is 9.78 Å². The van der Waals surface area contributed by atoms with Gasteiger partial charge in [0, 0.05) is 24.7 Å². The van der Waals surface area contributed by atoms with E-state index >= 15 is 0 Å². The molecule has 5 heteroatoms. The van der Waals surface area contributed by atoms with Crippen molar-refractivity contribution in [3.05, 3.63) is 36.0 Å². The number of benzene rings is 1. The molecule has 0 unspecified atom stereocenters. The number of pyridine rings is 1. The van der Waals surface area contributed by atoms with Gasteiger partial charge in [0.1, 0.15) is 5.75 Å². The molecule has 2 aromatic rings. The van der Waals surface area contributed by atoms with Gasteiger partial charge in [0.25, 0.3) is 5.91 Å². The molecule has 1 aliphatic heterocycles. The smallest absolute Gasteiger partial charge is 0.255 e. The first-order valence-corrected chi connectivity index (χ1v) is 6.59. The Labute approximate surface area is 117 Å². The number of carbonyl (C=O) groups is 1. The number of fused-ring (bicyclic) bond motifs is 1. The molecule has 2 heterocycles. The van der Waals surface area contributed by atoms with Gasteiger partial charge in [-0.25, -0.2) is 0 Å². The maximum atomic E-state index is 12.4. The van der Waals surface area contributed by atoms with Crippen molar-refractivity contribution in [3.63, 3.8) is 0 Å². The standard InChI is InChI=1S/C15H16N2O3/c1-19-13-2-3-14-11(9-13)8-12(10-16-14)15(18)17-4-6-20-7-5-17/h2-3,8-10H,4-7H2,1H3. The fraction of sp³-hybridized carbons (Fsp3) is 0.333. The van der Waals surface area contributed by atoms with Crippen LogP contribution in [0.15, 0.2) is 30.5 Å². The van der Waals surface area contributed by atoms with Crippen LogP contribution >= 0.6 is 0 Å². The van der Waals surface area contributed by atoms with E-state index in [1.165, 1.54) is 0 Å². The summed E-state index contributed by atoms with van der Waals surface area (Å²) in [5.41, 5.74) is 1.46. The largest absolute Gasteiger partial charge is 0.497 e. The second kappa shape index (κ2) is 5.46. The third kappa shape index (κ3) is 2.44. The molecule has 1 aromatic heterocycles. The number of morpholine rings is 1. The van der Waals surface area contributed by atoms with Crippen molar-refractivity contribution in [2.24, 2.45) is 0 Å². The van der Waals surface area contributed by atoms with Crippen LogP contribution in [-0.4, -0.2) is 49.2 Å². The maximum Gasteiger partial charge on any atom is 0.255 e. The van der Waals surface area contributed by atoms with Crippen LogP contribution in [0.2, 0.25) is 0 Å². The van der Waals surface area contributed by atoms with Crippen LogP contribution in [0.5, 0.6) is 5.75 Å². The molecule has 3 rings (SSSR count). The van der Waals surface area contributed by atoms with E-state index in [4.69, 9.17) is 9.47 Å². The predicted molar refractivity (Wildman–Crippen MR) is 75.0 cm³/mol. The lowest BCUT2D eigenvalue weighted by Crippen LogP contribution is -2.40. The summed E-state index contributed by atoms with van der Waals surface area (Å²) < 4.78 is 10.5. The first-order valence-electron chi connectivity index (χ1n) is 6.59. The van der Waals surface area contributed by atoms with Gasteiger partial charge in [-0.1, -0.05) is 0 Å². The molecule has 0 bridgehead atoms. The first-order chi connectivity index (χ1) is 9.78. The zero-order valence-electron chi connectivity index (χ0n) is 11.3. The quantitative estimate of drug-likeness (QED) is 0.835. The van der Waals surface area contributed by atoms with E-state index in [1.54, 1.807) is 18.2 Å². The first kappa shape index (κ1) is 12.9. The summed E-state index contributed by atoms with van der Waals surface area (Å²) in [6.07, 6.45) is 1.63. The molecule has 0 saturated carbocycles. The Morgan fingerprint density at radius 2 is 2.10 bits per heavy atom. The predicted octanol–water partition coefficient (Wildman–Crippen LogP) is 1.72. The summed E-state index contributed by atoms with van der Waals surface area (Å²) in [6, 6.07) is 7.50. The minimum absolute atomic E-state index is 0.00511. The number of amides is 1. The number of rotatable bonds is 2. The molecule has 0 aliphatic carbocycles. The fourth-order valence-electron chi connectivity index (χ4n) is 2.30. The number of nitrogens with zero attached hydrogens (tertiary/aromatic N) is 2. The number of ether oxygens (including phenoxy) is 2. The van der Waals surface area contributed by atoms with Crippen LogP contribution < -0.4 is 4.74 Å². The van der Waals surface area contributed by atoms with Gasteiger partial charge in [-0.15, -0.1) is 0 Å². The highest BCUT2D eigenvalue weighted by molar-refractivity contribution is 5.97. The SMILES string of the molecule is COc1ccc2ncc(C(=O)N3CCOCC3)cc2c1. The lowest BCUT2D eigenvalue weighted by Gasteiger charge is -2.26. The van der Waals surface area contributed by atoms with Gasteiger partial charge in [-0.05, 0) is 24.3 Å². The Kier molecular flexibility index (Phi) is 3.52. The Bertz CT molecular complexity index is 636. The fourth-order valence-corrected chi connectivity index (χ4v) is 2.30. The van der Waals surface area contributed by atoms with Crippen LogP contribution in [0, 0.1) is 0 Å². The Balaban J connectivity index is 1.92. The van der Waals surface area contributed by atoms with Gasteiger partial charge in [0.2, 0.25) is 0 Å². The van der Waals surface area contributed by atoms with Gasteiger partial charge < -0.3 is 14.4 Å². The zero-order chi connectivity index (χ0) is 13.9. The van der Waals surface area contributed by atoms with Crippen molar-refractivity contribution >= 4 is 16.8 Å². The monoisotopic (exact) mass is 272 g/mol. The van der Waals surface area contributed by atoms with Crippen LogP contribution in [-0.2, 0) is 4.74 Å². The molecule has 1 fully saturated rings. The molecule has 1 aliphatic rings. The van der Waals surface area contributed by atoms with Crippen LogP contribution in [0.25, 0.3) is 10.9 Å². The summed E-state index contributed by atoms with van der Waals surface area (Å²) in [5.74, 6) is 0.765. The van der Waals surface area contributed by atoms with Crippen molar-refractivity contribution < 1.29 is 14.3 Å². The molecule has 20 heavy (non-hydrogen) atoms. The summed E-state index contributed by atoms with van der Waals surface area (Å²) in [7, 11) is 1.62. The highest BCUT2D eigenvalue weighted by Crippen LogP contribution is 2.20. The summed E-state index contributed by atoms with van der Waals surface area (Å²) >= 11 is 0. The van der Waals surface area contributed by atoms with E-state index in [1.807, 2.05) is 24.3 Å². The molecular formula is C15H16N2O3. The number of hydrogen-bond acceptors (Lipinski definition) is 4. The molecule has 0 atom stereocenters. The van der Waals surface area contributed by atoms with Gasteiger partial charge >= 0.3 is 0 Å². The third-order valence-corrected chi connectivity index (χ3v) is 3.43. The molecule has 0 radical (unpaired) electrons. The van der Waals surface area contributed by atoms with Crippen molar-refractivity contribution in [3.8, 4) is 5.75 Å². The van der Waals surface area contributed by atoms with Crippen molar-refractivity contribution in [1.82, 2.24) is 9.88 Å².